The number of amides is 2. The summed E-state index contributed by atoms with van der Waals surface area (Å²) in [7, 11) is 1.63. The summed E-state index contributed by atoms with van der Waals surface area (Å²) < 4.78 is 45.6. The van der Waals surface area contributed by atoms with Gasteiger partial charge in [-0.2, -0.15) is 5.10 Å². The molecule has 160 valence electrons. The van der Waals surface area contributed by atoms with E-state index in [1.165, 1.54) is 10.8 Å². The molecule has 1 aromatic heterocycles. The van der Waals surface area contributed by atoms with Gasteiger partial charge in [-0.3, -0.25) is 14.3 Å². The summed E-state index contributed by atoms with van der Waals surface area (Å²) in [5.41, 5.74) is 0.517. The van der Waals surface area contributed by atoms with Crippen molar-refractivity contribution in [2.24, 2.45) is 7.05 Å². The number of esters is 1. The topological polar surface area (TPSA) is 102 Å². The van der Waals surface area contributed by atoms with Crippen LogP contribution in [0.1, 0.15) is 11.3 Å². The zero-order valence-corrected chi connectivity index (χ0v) is 16.5. The lowest BCUT2D eigenvalue weighted by Crippen LogP contribution is -2.35. The maximum absolute atomic E-state index is 13.5. The van der Waals surface area contributed by atoms with Crippen molar-refractivity contribution in [1.82, 2.24) is 15.1 Å². The van der Waals surface area contributed by atoms with Crippen molar-refractivity contribution < 1.29 is 32.3 Å². The van der Waals surface area contributed by atoms with Crippen LogP contribution in [0.25, 0.3) is 6.08 Å². The molecule has 0 aliphatic heterocycles. The molecule has 1 aromatic carbocycles. The molecule has 0 fully saturated rings. The molecule has 2 amide bonds. The van der Waals surface area contributed by atoms with E-state index in [4.69, 9.17) is 16.3 Å². The van der Waals surface area contributed by atoms with E-state index >= 15 is 0 Å². The number of hydrogen-bond donors (Lipinski definition) is 2. The molecule has 30 heavy (non-hydrogen) atoms. The van der Waals surface area contributed by atoms with Crippen molar-refractivity contribution in [1.29, 1.82) is 0 Å². The second-order valence-corrected chi connectivity index (χ2v) is 6.26. The minimum atomic E-state index is -1.74. The van der Waals surface area contributed by atoms with Gasteiger partial charge in [0.15, 0.2) is 24.1 Å². The lowest BCUT2D eigenvalue weighted by Gasteiger charge is -2.08. The van der Waals surface area contributed by atoms with Crippen LogP contribution in [0.2, 0.25) is 5.15 Å². The van der Waals surface area contributed by atoms with Crippen LogP contribution < -0.4 is 10.6 Å². The Labute approximate surface area is 173 Å². The number of carbonyl (C=O) groups is 3. The van der Waals surface area contributed by atoms with Crippen molar-refractivity contribution in [2.45, 2.75) is 6.92 Å². The van der Waals surface area contributed by atoms with E-state index in [1.807, 2.05) is 5.32 Å². The number of benzene rings is 1. The van der Waals surface area contributed by atoms with E-state index in [9.17, 15) is 27.6 Å². The highest BCUT2D eigenvalue weighted by Gasteiger charge is 2.16. The first-order valence-corrected chi connectivity index (χ1v) is 8.72. The first-order valence-electron chi connectivity index (χ1n) is 8.34. The second-order valence-electron chi connectivity index (χ2n) is 5.90. The molecular formula is C18H16ClF3N4O4. The van der Waals surface area contributed by atoms with Crippen molar-refractivity contribution in [3.63, 3.8) is 0 Å². The lowest BCUT2D eigenvalue weighted by molar-refractivity contribution is -0.143. The molecule has 0 radical (unpaired) electrons. The SMILES string of the molecule is Cc1nn(C)c(Cl)c1/C=C/C(=O)OCC(=O)NCC(=O)Nc1ccc(F)c(F)c1F. The van der Waals surface area contributed by atoms with Crippen LogP contribution in [0.3, 0.4) is 0 Å². The Morgan fingerprint density at radius 3 is 2.53 bits per heavy atom. The Hall–Kier alpha value is -3.34. The zero-order chi connectivity index (χ0) is 22.4. The van der Waals surface area contributed by atoms with Gasteiger partial charge in [-0.1, -0.05) is 11.6 Å². The molecule has 2 aromatic rings. The van der Waals surface area contributed by atoms with Gasteiger partial charge in [-0.25, -0.2) is 18.0 Å². The van der Waals surface area contributed by atoms with Gasteiger partial charge in [0.25, 0.3) is 5.91 Å². The lowest BCUT2D eigenvalue weighted by atomic mass is 10.2. The summed E-state index contributed by atoms with van der Waals surface area (Å²) in [5, 5.41) is 8.48. The Morgan fingerprint density at radius 2 is 1.90 bits per heavy atom. The summed E-state index contributed by atoms with van der Waals surface area (Å²) in [6.45, 7) is 0.395. The summed E-state index contributed by atoms with van der Waals surface area (Å²) in [4.78, 5) is 35.0. The van der Waals surface area contributed by atoms with E-state index in [2.05, 4.69) is 10.4 Å². The van der Waals surface area contributed by atoms with Crippen molar-refractivity contribution in [3.05, 3.63) is 52.1 Å². The molecule has 8 nitrogen and oxygen atoms in total. The molecule has 2 N–H and O–H groups in total. The van der Waals surface area contributed by atoms with E-state index in [0.29, 0.717) is 22.5 Å². The number of carbonyl (C=O) groups excluding carboxylic acids is 3. The fourth-order valence-corrected chi connectivity index (χ4v) is 2.46. The predicted octanol–water partition coefficient (Wildman–Crippen LogP) is 2.11. The Morgan fingerprint density at radius 1 is 1.20 bits per heavy atom. The van der Waals surface area contributed by atoms with E-state index in [1.54, 1.807) is 14.0 Å². The highest BCUT2D eigenvalue weighted by molar-refractivity contribution is 6.31. The summed E-state index contributed by atoms with van der Waals surface area (Å²) >= 11 is 6.01. The normalized spacial score (nSPS) is 10.9. The third-order valence-corrected chi connectivity index (χ3v) is 4.13. The van der Waals surface area contributed by atoms with Gasteiger partial charge in [0.1, 0.15) is 5.15 Å². The molecule has 1 heterocycles. The first kappa shape index (κ1) is 22.9. The van der Waals surface area contributed by atoms with Crippen LogP contribution in [0.4, 0.5) is 18.9 Å². The molecule has 0 saturated heterocycles. The number of rotatable bonds is 7. The van der Waals surface area contributed by atoms with E-state index < -0.39 is 54.1 Å². The van der Waals surface area contributed by atoms with Gasteiger partial charge in [0, 0.05) is 18.7 Å². The third-order valence-electron chi connectivity index (χ3n) is 3.68. The number of halogens is 4. The molecule has 0 aliphatic rings. The maximum Gasteiger partial charge on any atom is 0.331 e. The highest BCUT2D eigenvalue weighted by atomic mass is 35.5. The smallest absolute Gasteiger partial charge is 0.331 e. The average molecular weight is 445 g/mol. The Balaban J connectivity index is 1.78. The summed E-state index contributed by atoms with van der Waals surface area (Å²) in [6, 6.07) is 1.47. The molecule has 2 rings (SSSR count). The van der Waals surface area contributed by atoms with Crippen LogP contribution in [-0.2, 0) is 26.2 Å². The Bertz CT molecular complexity index is 1020. The fraction of sp³-hybridized carbons (Fsp3) is 0.222. The van der Waals surface area contributed by atoms with Gasteiger partial charge >= 0.3 is 5.97 Å². The zero-order valence-electron chi connectivity index (χ0n) is 15.8. The number of nitrogens with zero attached hydrogens (tertiary/aromatic N) is 2. The standard InChI is InChI=1S/C18H16ClF3N4O4/c1-9-10(18(19)26(2)25-9)3-6-15(29)30-8-14(28)23-7-13(27)24-12-5-4-11(20)16(21)17(12)22/h3-6H,7-8H2,1-2H3,(H,23,28)(H,24,27)/b6-3+. The minimum Gasteiger partial charge on any atom is -0.452 e. The summed E-state index contributed by atoms with van der Waals surface area (Å²) in [5.74, 6) is -7.26. The van der Waals surface area contributed by atoms with Crippen molar-refractivity contribution in [3.8, 4) is 0 Å². The van der Waals surface area contributed by atoms with Crippen LogP contribution in [0.15, 0.2) is 18.2 Å². The molecular weight excluding hydrogens is 429 g/mol. The van der Waals surface area contributed by atoms with E-state index in [-0.39, 0.29) is 0 Å². The second kappa shape index (κ2) is 9.92. The molecule has 0 unspecified atom stereocenters. The molecule has 12 heteroatoms. The molecule has 0 atom stereocenters. The van der Waals surface area contributed by atoms with Gasteiger partial charge in [0.05, 0.1) is 17.9 Å². The first-order chi connectivity index (χ1) is 14.1. The van der Waals surface area contributed by atoms with Gasteiger partial charge in [0.2, 0.25) is 5.91 Å². The summed E-state index contributed by atoms with van der Waals surface area (Å²) in [6.07, 6.45) is 2.44. The number of nitrogens with one attached hydrogen (secondary N) is 2. The number of aryl methyl sites for hydroxylation is 2. The monoisotopic (exact) mass is 444 g/mol. The van der Waals surface area contributed by atoms with Crippen LogP contribution in [0, 0.1) is 24.4 Å². The predicted molar refractivity (Wildman–Crippen MR) is 101 cm³/mol. The molecule has 0 spiro atoms. The van der Waals surface area contributed by atoms with Gasteiger partial charge in [-0.05, 0) is 25.1 Å². The van der Waals surface area contributed by atoms with Gasteiger partial charge in [-0.15, -0.1) is 0 Å². The number of aromatic nitrogens is 2. The average Bonchev–Trinajstić information content (AvgIpc) is 2.94. The van der Waals surface area contributed by atoms with Gasteiger partial charge < -0.3 is 15.4 Å². The van der Waals surface area contributed by atoms with Crippen LogP contribution in [0.5, 0.6) is 0 Å². The number of ether oxygens (including phenoxy) is 1. The largest absolute Gasteiger partial charge is 0.452 e. The van der Waals surface area contributed by atoms with Crippen molar-refractivity contribution in [2.75, 3.05) is 18.5 Å². The maximum atomic E-state index is 13.5. The molecule has 0 bridgehead atoms. The number of anilines is 1. The Kier molecular flexibility index (Phi) is 7.59. The molecule has 0 aliphatic carbocycles. The minimum absolute atomic E-state index is 0.317. The van der Waals surface area contributed by atoms with Crippen LogP contribution in [-0.4, -0.2) is 40.7 Å². The van der Waals surface area contributed by atoms with Crippen molar-refractivity contribution >= 4 is 41.1 Å². The number of hydrogen-bond acceptors (Lipinski definition) is 5. The van der Waals surface area contributed by atoms with E-state index in [0.717, 1.165) is 12.1 Å². The highest BCUT2D eigenvalue weighted by Crippen LogP contribution is 2.20. The fourth-order valence-electron chi connectivity index (χ4n) is 2.22. The quantitative estimate of drug-likeness (QED) is 0.387. The molecule has 0 saturated carbocycles. The van der Waals surface area contributed by atoms with Crippen LogP contribution >= 0.6 is 11.6 Å². The third kappa shape index (κ3) is 5.83.